The van der Waals surface area contributed by atoms with Crippen molar-refractivity contribution in [3.05, 3.63) is 108 Å². The second-order valence-corrected chi connectivity index (χ2v) is 11.8. The minimum absolute atomic E-state index is 0.0957. The van der Waals surface area contributed by atoms with Gasteiger partial charge >= 0.3 is 0 Å². The molecule has 3 aromatic rings. The van der Waals surface area contributed by atoms with E-state index in [-0.39, 0.29) is 6.61 Å². The van der Waals surface area contributed by atoms with Crippen molar-refractivity contribution in [1.29, 1.82) is 0 Å². The van der Waals surface area contributed by atoms with E-state index < -0.39 is 7.32 Å². The molecule has 0 fully saturated rings. The molecule has 0 aliphatic carbocycles. The molecule has 3 nitrogen and oxygen atoms in total. The molecule has 0 aliphatic heterocycles. The van der Waals surface area contributed by atoms with Gasteiger partial charge in [-0.2, -0.15) is 0 Å². The van der Waals surface area contributed by atoms with Crippen LogP contribution in [0.25, 0.3) is 0 Å². The SMILES string of the molecule is C[S+](C)Cc1ccccc1.C[S+](C)Cc1ccccc1.[O-]B([O-])OCc1ccccc1. The molecule has 0 N–H and O–H groups in total. The maximum absolute atomic E-state index is 9.92. The number of hydrogen-bond donors (Lipinski definition) is 0. The summed E-state index contributed by atoms with van der Waals surface area (Å²) in [7, 11) is -1.12. The van der Waals surface area contributed by atoms with Gasteiger partial charge < -0.3 is 14.7 Å². The van der Waals surface area contributed by atoms with E-state index >= 15 is 0 Å². The summed E-state index contributed by atoms with van der Waals surface area (Å²) in [5, 5.41) is 19.8. The third-order valence-electron chi connectivity index (χ3n) is 3.83. The summed E-state index contributed by atoms with van der Waals surface area (Å²) in [6, 6.07) is 30.4. The quantitative estimate of drug-likeness (QED) is 0.406. The average molecular weight is 456 g/mol. The lowest BCUT2D eigenvalue weighted by Crippen LogP contribution is -2.47. The van der Waals surface area contributed by atoms with E-state index in [2.05, 4.69) is 90.3 Å². The van der Waals surface area contributed by atoms with Gasteiger partial charge in [-0.25, -0.2) is 0 Å². The maximum Gasteiger partial charge on any atom is 0.132 e. The van der Waals surface area contributed by atoms with Crippen LogP contribution in [0.4, 0.5) is 0 Å². The summed E-state index contributed by atoms with van der Waals surface area (Å²) in [5.74, 6) is 2.45. The van der Waals surface area contributed by atoms with E-state index in [9.17, 15) is 10.0 Å². The Bertz CT molecular complexity index is 740. The predicted octanol–water partition coefficient (Wildman–Crippen LogP) is 3.04. The Hall–Kier alpha value is -1.70. The summed E-state index contributed by atoms with van der Waals surface area (Å²) in [6.45, 7) is 0.0957. The fourth-order valence-electron chi connectivity index (χ4n) is 2.55. The van der Waals surface area contributed by atoms with Gasteiger partial charge in [0, 0.05) is 11.1 Å². The Balaban J connectivity index is 0.000000233. The number of rotatable bonds is 7. The molecular weight excluding hydrogens is 423 g/mol. The van der Waals surface area contributed by atoms with E-state index in [0.29, 0.717) is 21.8 Å². The zero-order chi connectivity index (χ0) is 22.9. The van der Waals surface area contributed by atoms with Crippen LogP contribution in [0.15, 0.2) is 91.0 Å². The first-order valence-electron chi connectivity index (χ1n) is 10.00. The Kier molecular flexibility index (Phi) is 14.9. The second-order valence-electron chi connectivity index (χ2n) is 7.32. The van der Waals surface area contributed by atoms with Gasteiger partial charge in [-0.05, 0) is 27.4 Å². The first-order valence-corrected chi connectivity index (χ1v) is 14.4. The van der Waals surface area contributed by atoms with Crippen LogP contribution >= 0.6 is 0 Å². The molecule has 31 heavy (non-hydrogen) atoms. The monoisotopic (exact) mass is 456 g/mol. The molecule has 166 valence electrons. The smallest absolute Gasteiger partial charge is 0.132 e. The van der Waals surface area contributed by atoms with Crippen LogP contribution in [0.1, 0.15) is 16.7 Å². The van der Waals surface area contributed by atoms with Gasteiger partial charge in [0.05, 0.1) is 39.0 Å². The fraction of sp³-hybridized carbons (Fsp3) is 0.280. The molecule has 0 saturated heterocycles. The molecule has 0 spiro atoms. The molecule has 6 heteroatoms. The van der Waals surface area contributed by atoms with E-state index in [4.69, 9.17) is 0 Å². The van der Waals surface area contributed by atoms with Crippen LogP contribution in [0.3, 0.4) is 0 Å². The molecule has 0 saturated carbocycles. The summed E-state index contributed by atoms with van der Waals surface area (Å²) in [6.07, 6.45) is 9.08. The van der Waals surface area contributed by atoms with E-state index in [1.807, 2.05) is 18.2 Å². The highest BCUT2D eigenvalue weighted by Gasteiger charge is 2.02. The number of benzene rings is 3. The summed E-state index contributed by atoms with van der Waals surface area (Å²) in [5.41, 5.74) is 3.75. The molecule has 0 amide bonds. The lowest BCUT2D eigenvalue weighted by molar-refractivity contribution is -0.382. The Morgan fingerprint density at radius 3 is 1.19 bits per heavy atom. The Morgan fingerprint density at radius 1 is 0.581 bits per heavy atom. The van der Waals surface area contributed by atoms with Crippen molar-refractivity contribution in [2.24, 2.45) is 0 Å². The molecule has 0 heterocycles. The molecule has 0 aromatic heterocycles. The van der Waals surface area contributed by atoms with Crippen molar-refractivity contribution in [1.82, 2.24) is 0 Å². The van der Waals surface area contributed by atoms with Crippen molar-refractivity contribution in [3.63, 3.8) is 0 Å². The van der Waals surface area contributed by atoms with Crippen LogP contribution in [0.5, 0.6) is 0 Å². The zero-order valence-corrected chi connectivity index (χ0v) is 20.5. The van der Waals surface area contributed by atoms with Crippen LogP contribution in [0.2, 0.25) is 0 Å². The van der Waals surface area contributed by atoms with Gasteiger partial charge in [0.1, 0.15) is 11.5 Å². The lowest BCUT2D eigenvalue weighted by atomic mass is 10.2. The van der Waals surface area contributed by atoms with Gasteiger partial charge in [-0.1, -0.05) is 91.0 Å². The Labute approximate surface area is 194 Å². The largest absolute Gasteiger partial charge is 0.871 e. The maximum atomic E-state index is 9.92. The fourth-order valence-corrected chi connectivity index (χ4v) is 4.27. The van der Waals surface area contributed by atoms with E-state index in [0.717, 1.165) is 5.56 Å². The highest BCUT2D eigenvalue weighted by atomic mass is 32.2. The van der Waals surface area contributed by atoms with Crippen molar-refractivity contribution >= 4 is 29.1 Å². The third kappa shape index (κ3) is 15.7. The lowest BCUT2D eigenvalue weighted by Gasteiger charge is -2.25. The first-order chi connectivity index (χ1) is 14.9. The topological polar surface area (TPSA) is 55.3 Å². The normalized spacial score (nSPS) is 10.1. The van der Waals surface area contributed by atoms with Gasteiger partial charge in [-0.15, -0.1) is 0 Å². The third-order valence-corrected chi connectivity index (χ3v) is 5.65. The molecular formula is C25H33BO3S2. The van der Waals surface area contributed by atoms with Crippen LogP contribution in [-0.4, -0.2) is 32.3 Å². The minimum Gasteiger partial charge on any atom is -0.871 e. The second kappa shape index (κ2) is 16.9. The molecule has 3 rings (SSSR count). The summed E-state index contributed by atoms with van der Waals surface area (Å²) < 4.78 is 4.32. The van der Waals surface area contributed by atoms with Gasteiger partial charge in [0.15, 0.2) is 0 Å². The van der Waals surface area contributed by atoms with Crippen molar-refractivity contribution in [2.75, 3.05) is 25.0 Å². The van der Waals surface area contributed by atoms with Crippen LogP contribution in [0, 0.1) is 0 Å². The van der Waals surface area contributed by atoms with E-state index in [1.165, 1.54) is 22.6 Å². The highest BCUT2D eigenvalue weighted by Crippen LogP contribution is 2.04. The highest BCUT2D eigenvalue weighted by molar-refractivity contribution is 7.95. The Morgan fingerprint density at radius 2 is 0.903 bits per heavy atom. The summed E-state index contributed by atoms with van der Waals surface area (Å²) >= 11 is 0. The van der Waals surface area contributed by atoms with Crippen molar-refractivity contribution in [3.8, 4) is 0 Å². The molecule has 0 radical (unpaired) electrons. The zero-order valence-electron chi connectivity index (χ0n) is 18.9. The van der Waals surface area contributed by atoms with Gasteiger partial charge in [-0.3, -0.25) is 0 Å². The van der Waals surface area contributed by atoms with Crippen LogP contribution in [-0.2, 0) is 44.6 Å². The standard InChI is InChI=1S/2C9H13S.C7H7BO3/c2*1-10(2)8-9-6-4-3-5-7-9;9-8(10)11-6-7-4-2-1-3-5-7/h2*3-7H,8H2,1-2H3;1-5H,6H2/q2*+1;-2. The minimum atomic E-state index is -2.18. The first kappa shape index (κ1) is 27.3. The van der Waals surface area contributed by atoms with Gasteiger partial charge in [0.2, 0.25) is 0 Å². The predicted molar refractivity (Wildman–Crippen MR) is 136 cm³/mol. The molecule has 0 bridgehead atoms. The van der Waals surface area contributed by atoms with Crippen LogP contribution < -0.4 is 10.0 Å². The van der Waals surface area contributed by atoms with E-state index in [1.54, 1.807) is 12.1 Å². The number of hydrogen-bond acceptors (Lipinski definition) is 3. The molecule has 3 aromatic carbocycles. The molecule has 0 atom stereocenters. The molecule has 0 unspecified atom stereocenters. The van der Waals surface area contributed by atoms with Crippen molar-refractivity contribution in [2.45, 2.75) is 18.1 Å². The average Bonchev–Trinajstić information content (AvgIpc) is 2.74. The van der Waals surface area contributed by atoms with Crippen molar-refractivity contribution < 1.29 is 14.7 Å². The van der Waals surface area contributed by atoms with Gasteiger partial charge in [0.25, 0.3) is 0 Å². The summed E-state index contributed by atoms with van der Waals surface area (Å²) in [4.78, 5) is 0. The molecule has 0 aliphatic rings.